The largest absolute Gasteiger partial charge is 0.354 e. The van der Waals surface area contributed by atoms with E-state index in [9.17, 15) is 9.59 Å². The van der Waals surface area contributed by atoms with Gasteiger partial charge in [0.1, 0.15) is 0 Å². The van der Waals surface area contributed by atoms with Crippen LogP contribution < -0.4 is 10.2 Å². The lowest BCUT2D eigenvalue weighted by Gasteiger charge is -2.41. The number of likely N-dealkylation sites (tertiary alicyclic amines) is 1. The molecule has 0 radical (unpaired) electrons. The molecule has 0 bridgehead atoms. The van der Waals surface area contributed by atoms with Gasteiger partial charge in [-0.3, -0.25) is 14.5 Å². The molecule has 1 aromatic rings. The van der Waals surface area contributed by atoms with Crippen LogP contribution in [0.1, 0.15) is 39.5 Å². The van der Waals surface area contributed by atoms with E-state index in [1.807, 2.05) is 18.2 Å². The van der Waals surface area contributed by atoms with Gasteiger partial charge in [-0.2, -0.15) is 0 Å². The highest BCUT2D eigenvalue weighted by molar-refractivity contribution is 6.33. The van der Waals surface area contributed by atoms with E-state index in [1.54, 1.807) is 11.0 Å². The Morgan fingerprint density at radius 2 is 1.92 bits per heavy atom. The molecule has 5 nitrogen and oxygen atoms in total. The van der Waals surface area contributed by atoms with Gasteiger partial charge in [0, 0.05) is 25.0 Å². The summed E-state index contributed by atoms with van der Waals surface area (Å²) in [4.78, 5) is 29.1. The summed E-state index contributed by atoms with van der Waals surface area (Å²) in [6.07, 6.45) is 3.98. The van der Waals surface area contributed by atoms with Gasteiger partial charge in [-0.1, -0.05) is 30.2 Å². The number of carbonyl (C=O) groups excluding carboxylic acids is 2. The number of nitrogens with one attached hydrogen (secondary N) is 1. The van der Waals surface area contributed by atoms with E-state index in [4.69, 9.17) is 11.6 Å². The Labute approximate surface area is 160 Å². The second kappa shape index (κ2) is 7.97. The molecule has 2 saturated heterocycles. The topological polar surface area (TPSA) is 52.7 Å². The number of para-hydroxylation sites is 1. The average molecular weight is 378 g/mol. The van der Waals surface area contributed by atoms with Gasteiger partial charge in [-0.05, 0) is 51.9 Å². The first-order valence-electron chi connectivity index (χ1n) is 9.46. The van der Waals surface area contributed by atoms with Crippen molar-refractivity contribution in [3.05, 3.63) is 29.3 Å². The van der Waals surface area contributed by atoms with E-state index in [-0.39, 0.29) is 29.7 Å². The van der Waals surface area contributed by atoms with E-state index in [0.717, 1.165) is 13.1 Å². The van der Waals surface area contributed by atoms with Crippen LogP contribution in [0.3, 0.4) is 0 Å². The normalized spacial score (nSPS) is 21.9. The Morgan fingerprint density at radius 1 is 1.23 bits per heavy atom. The van der Waals surface area contributed by atoms with E-state index in [0.29, 0.717) is 23.8 Å². The van der Waals surface area contributed by atoms with Crippen LogP contribution >= 0.6 is 11.6 Å². The van der Waals surface area contributed by atoms with Gasteiger partial charge in [-0.15, -0.1) is 0 Å². The molecule has 6 heteroatoms. The molecule has 2 aliphatic heterocycles. The van der Waals surface area contributed by atoms with E-state index in [2.05, 4.69) is 24.1 Å². The smallest absolute Gasteiger partial charge is 0.227 e. The summed E-state index contributed by atoms with van der Waals surface area (Å²) in [7, 11) is 0. The summed E-state index contributed by atoms with van der Waals surface area (Å²) in [5.41, 5.74) is 0.615. The van der Waals surface area contributed by atoms with Crippen LogP contribution in [0.4, 0.5) is 5.69 Å². The number of halogens is 1. The number of piperidine rings is 1. The second-order valence-electron chi connectivity index (χ2n) is 7.93. The fourth-order valence-corrected chi connectivity index (χ4v) is 4.08. The Balaban J connectivity index is 1.57. The van der Waals surface area contributed by atoms with Crippen LogP contribution in [0.5, 0.6) is 0 Å². The number of hydrogen-bond acceptors (Lipinski definition) is 3. The van der Waals surface area contributed by atoms with Crippen molar-refractivity contribution in [3.8, 4) is 0 Å². The van der Waals surface area contributed by atoms with Gasteiger partial charge in [0.25, 0.3) is 0 Å². The maximum Gasteiger partial charge on any atom is 0.227 e. The molecule has 2 heterocycles. The zero-order valence-corrected chi connectivity index (χ0v) is 16.4. The van der Waals surface area contributed by atoms with Gasteiger partial charge in [-0.25, -0.2) is 0 Å². The predicted molar refractivity (Wildman–Crippen MR) is 104 cm³/mol. The van der Waals surface area contributed by atoms with E-state index >= 15 is 0 Å². The molecule has 0 aromatic heterocycles. The third-order valence-corrected chi connectivity index (χ3v) is 5.87. The maximum absolute atomic E-state index is 12.6. The van der Waals surface area contributed by atoms with Crippen LogP contribution in [0.15, 0.2) is 24.3 Å². The van der Waals surface area contributed by atoms with Crippen molar-refractivity contribution >= 4 is 29.1 Å². The van der Waals surface area contributed by atoms with E-state index < -0.39 is 0 Å². The number of hydrogen-bond donors (Lipinski definition) is 1. The standard InChI is InChI=1S/C20H28ClN3O2/c1-20(2,23-10-6-3-7-11-23)14-22-19(26)15-12-18(25)24(13-15)17-9-5-4-8-16(17)21/h4-5,8-9,15H,3,6-7,10-14H2,1-2H3,(H,22,26). The molecule has 2 amide bonds. The Morgan fingerprint density at radius 3 is 2.62 bits per heavy atom. The maximum atomic E-state index is 12.6. The van der Waals surface area contributed by atoms with Gasteiger partial charge < -0.3 is 10.2 Å². The zero-order chi connectivity index (χ0) is 18.7. The van der Waals surface area contributed by atoms with Gasteiger partial charge in [0.05, 0.1) is 16.6 Å². The molecule has 26 heavy (non-hydrogen) atoms. The number of amides is 2. The molecule has 1 aromatic carbocycles. The summed E-state index contributed by atoms with van der Waals surface area (Å²) in [6.45, 7) is 7.51. The summed E-state index contributed by atoms with van der Waals surface area (Å²) < 4.78 is 0. The van der Waals surface area contributed by atoms with Crippen LogP contribution in [-0.2, 0) is 9.59 Å². The zero-order valence-electron chi connectivity index (χ0n) is 15.6. The van der Waals surface area contributed by atoms with Crippen molar-refractivity contribution in [2.75, 3.05) is 31.1 Å². The molecule has 3 rings (SSSR count). The minimum Gasteiger partial charge on any atom is -0.354 e. The highest BCUT2D eigenvalue weighted by atomic mass is 35.5. The van der Waals surface area contributed by atoms with Crippen molar-refractivity contribution < 1.29 is 9.59 Å². The third-order valence-electron chi connectivity index (χ3n) is 5.55. The minimum atomic E-state index is -0.323. The molecule has 142 valence electrons. The first-order chi connectivity index (χ1) is 12.4. The SMILES string of the molecule is CC(C)(CNC(=O)C1CC(=O)N(c2ccccc2Cl)C1)N1CCCCC1. The molecular formula is C20H28ClN3O2. The summed E-state index contributed by atoms with van der Waals surface area (Å²) in [5, 5.41) is 3.61. The highest BCUT2D eigenvalue weighted by Crippen LogP contribution is 2.31. The summed E-state index contributed by atoms with van der Waals surface area (Å²) in [5.74, 6) is -0.414. The first kappa shape index (κ1) is 19.2. The van der Waals surface area contributed by atoms with Crippen molar-refractivity contribution in [2.45, 2.75) is 45.1 Å². The molecule has 1 N–H and O–H groups in total. The monoisotopic (exact) mass is 377 g/mol. The molecular weight excluding hydrogens is 350 g/mol. The fourth-order valence-electron chi connectivity index (χ4n) is 3.85. The molecule has 0 aliphatic carbocycles. The minimum absolute atomic E-state index is 0.0435. The number of carbonyl (C=O) groups is 2. The Kier molecular flexibility index (Phi) is 5.88. The van der Waals surface area contributed by atoms with Gasteiger partial charge >= 0.3 is 0 Å². The lowest BCUT2D eigenvalue weighted by Crippen LogP contribution is -2.54. The lowest BCUT2D eigenvalue weighted by atomic mass is 9.98. The van der Waals surface area contributed by atoms with Gasteiger partial charge in [0.2, 0.25) is 11.8 Å². The van der Waals surface area contributed by atoms with Crippen molar-refractivity contribution in [1.82, 2.24) is 10.2 Å². The number of benzene rings is 1. The number of rotatable bonds is 5. The Bertz CT molecular complexity index is 671. The molecule has 2 aliphatic rings. The fraction of sp³-hybridized carbons (Fsp3) is 0.600. The van der Waals surface area contributed by atoms with Crippen LogP contribution in [0.25, 0.3) is 0 Å². The van der Waals surface area contributed by atoms with Crippen molar-refractivity contribution in [2.24, 2.45) is 5.92 Å². The third kappa shape index (κ3) is 4.21. The van der Waals surface area contributed by atoms with E-state index in [1.165, 1.54) is 19.3 Å². The molecule has 0 spiro atoms. The average Bonchev–Trinajstić information content (AvgIpc) is 3.02. The van der Waals surface area contributed by atoms with Crippen molar-refractivity contribution in [1.29, 1.82) is 0 Å². The Hall–Kier alpha value is -1.59. The molecule has 0 saturated carbocycles. The lowest BCUT2D eigenvalue weighted by molar-refractivity contribution is -0.126. The summed E-state index contributed by atoms with van der Waals surface area (Å²) in [6, 6.07) is 7.26. The van der Waals surface area contributed by atoms with Crippen LogP contribution in [0.2, 0.25) is 5.02 Å². The van der Waals surface area contributed by atoms with Crippen LogP contribution in [-0.4, -0.2) is 48.4 Å². The predicted octanol–water partition coefficient (Wildman–Crippen LogP) is 3.07. The van der Waals surface area contributed by atoms with Crippen molar-refractivity contribution in [3.63, 3.8) is 0 Å². The highest BCUT2D eigenvalue weighted by Gasteiger charge is 2.37. The van der Waals surface area contributed by atoms with Crippen LogP contribution in [0, 0.1) is 5.92 Å². The molecule has 1 atom stereocenters. The quantitative estimate of drug-likeness (QED) is 0.857. The first-order valence-corrected chi connectivity index (χ1v) is 9.84. The molecule has 2 fully saturated rings. The second-order valence-corrected chi connectivity index (χ2v) is 8.34. The number of nitrogens with zero attached hydrogens (tertiary/aromatic N) is 2. The molecule has 1 unspecified atom stereocenters. The van der Waals surface area contributed by atoms with Gasteiger partial charge in [0.15, 0.2) is 0 Å². The summed E-state index contributed by atoms with van der Waals surface area (Å²) >= 11 is 6.20. The number of anilines is 1.